The molecule has 1 aliphatic heterocycles. The molecular formula is C19H23NOS. The third-order valence-electron chi connectivity index (χ3n) is 4.51. The maximum absolute atomic E-state index is 12.7. The summed E-state index contributed by atoms with van der Waals surface area (Å²) in [4.78, 5) is 16.3. The van der Waals surface area contributed by atoms with Crippen LogP contribution >= 0.6 is 11.3 Å². The maximum Gasteiger partial charge on any atom is 0.223 e. The van der Waals surface area contributed by atoms with Crippen molar-refractivity contribution in [3.63, 3.8) is 0 Å². The van der Waals surface area contributed by atoms with Gasteiger partial charge in [0.05, 0.1) is 6.04 Å². The number of hydrogen-bond acceptors (Lipinski definition) is 2. The predicted molar refractivity (Wildman–Crippen MR) is 92.3 cm³/mol. The third kappa shape index (κ3) is 3.09. The number of rotatable bonds is 4. The summed E-state index contributed by atoms with van der Waals surface area (Å²) in [5.41, 5.74) is 3.90. The van der Waals surface area contributed by atoms with Gasteiger partial charge in [-0.25, -0.2) is 0 Å². The minimum absolute atomic E-state index is 0.278. The zero-order valence-corrected chi connectivity index (χ0v) is 14.2. The fourth-order valence-corrected chi connectivity index (χ4v) is 4.33. The fraction of sp³-hybridized carbons (Fsp3) is 0.421. The Morgan fingerprint density at radius 2 is 2.23 bits per heavy atom. The van der Waals surface area contributed by atoms with Crippen LogP contribution in [-0.2, 0) is 17.6 Å². The van der Waals surface area contributed by atoms with Gasteiger partial charge in [-0.05, 0) is 48.8 Å². The van der Waals surface area contributed by atoms with Crippen molar-refractivity contribution in [3.05, 3.63) is 57.3 Å². The van der Waals surface area contributed by atoms with Crippen molar-refractivity contribution in [1.82, 2.24) is 4.90 Å². The summed E-state index contributed by atoms with van der Waals surface area (Å²) in [6.45, 7) is 5.15. The molecule has 0 bridgehead atoms. The Kier molecular flexibility index (Phi) is 4.63. The number of nitrogens with zero attached hydrogens (tertiary/aromatic N) is 1. The molecule has 1 atom stereocenters. The monoisotopic (exact) mass is 313 g/mol. The number of carbonyl (C=O) groups excluding carboxylic acids is 1. The molecule has 1 amide bonds. The van der Waals surface area contributed by atoms with E-state index in [2.05, 4.69) is 54.5 Å². The van der Waals surface area contributed by atoms with Crippen molar-refractivity contribution in [2.45, 2.75) is 45.6 Å². The van der Waals surface area contributed by atoms with Gasteiger partial charge in [0.25, 0.3) is 0 Å². The maximum atomic E-state index is 12.7. The van der Waals surface area contributed by atoms with Gasteiger partial charge in [0.2, 0.25) is 5.91 Å². The van der Waals surface area contributed by atoms with Gasteiger partial charge in [-0.2, -0.15) is 0 Å². The predicted octanol–water partition coefficient (Wildman–Crippen LogP) is 4.53. The second kappa shape index (κ2) is 6.66. The summed E-state index contributed by atoms with van der Waals surface area (Å²) in [6, 6.07) is 10.9. The first-order valence-corrected chi connectivity index (χ1v) is 8.98. The molecule has 2 heterocycles. The highest BCUT2D eigenvalue weighted by molar-refractivity contribution is 7.10. The van der Waals surface area contributed by atoms with Gasteiger partial charge < -0.3 is 4.90 Å². The van der Waals surface area contributed by atoms with Crippen LogP contribution in [0.2, 0.25) is 0 Å². The van der Waals surface area contributed by atoms with Crippen molar-refractivity contribution >= 4 is 17.2 Å². The Morgan fingerprint density at radius 1 is 1.36 bits per heavy atom. The minimum atomic E-state index is 0.278. The zero-order valence-electron chi connectivity index (χ0n) is 13.3. The summed E-state index contributed by atoms with van der Waals surface area (Å²) in [5, 5.41) is 2.16. The van der Waals surface area contributed by atoms with Crippen molar-refractivity contribution in [3.8, 4) is 0 Å². The standard InChI is InChI=1S/C19H23NOS/c1-3-17-16-10-12-22-18(16)9-11-20(17)19(21)8-7-15-6-4-5-14(2)13-15/h4-6,10,12-13,17H,3,7-9,11H2,1-2H3. The van der Waals surface area contributed by atoms with Crippen LogP contribution in [0.1, 0.15) is 47.4 Å². The average Bonchev–Trinajstić information content (AvgIpc) is 3.00. The smallest absolute Gasteiger partial charge is 0.223 e. The molecular weight excluding hydrogens is 290 g/mol. The summed E-state index contributed by atoms with van der Waals surface area (Å²) in [6.07, 6.45) is 3.46. The van der Waals surface area contributed by atoms with Crippen LogP contribution in [0.25, 0.3) is 0 Å². The number of hydrogen-bond donors (Lipinski definition) is 0. The molecule has 0 fully saturated rings. The van der Waals surface area contributed by atoms with E-state index in [4.69, 9.17) is 0 Å². The van der Waals surface area contributed by atoms with Gasteiger partial charge in [0, 0.05) is 17.8 Å². The molecule has 2 aromatic rings. The summed E-state index contributed by atoms with van der Waals surface area (Å²) in [5.74, 6) is 0.296. The second-order valence-electron chi connectivity index (χ2n) is 6.05. The highest BCUT2D eigenvalue weighted by Gasteiger charge is 2.29. The lowest BCUT2D eigenvalue weighted by Crippen LogP contribution is -2.39. The quantitative estimate of drug-likeness (QED) is 0.812. The number of benzene rings is 1. The number of fused-ring (bicyclic) bond motifs is 1. The Bertz CT molecular complexity index is 661. The lowest BCUT2D eigenvalue weighted by atomic mass is 9.97. The summed E-state index contributed by atoms with van der Waals surface area (Å²) >= 11 is 1.83. The van der Waals surface area contributed by atoms with Gasteiger partial charge in [-0.1, -0.05) is 36.8 Å². The van der Waals surface area contributed by atoms with E-state index < -0.39 is 0 Å². The van der Waals surface area contributed by atoms with Gasteiger partial charge in [0.15, 0.2) is 0 Å². The van der Waals surface area contributed by atoms with E-state index in [1.54, 1.807) is 0 Å². The molecule has 1 aromatic carbocycles. The SMILES string of the molecule is CCC1c2ccsc2CCN1C(=O)CCc1cccc(C)c1. The highest BCUT2D eigenvalue weighted by atomic mass is 32.1. The summed E-state index contributed by atoms with van der Waals surface area (Å²) < 4.78 is 0. The molecule has 0 N–H and O–H groups in total. The lowest BCUT2D eigenvalue weighted by molar-refractivity contribution is -0.134. The lowest BCUT2D eigenvalue weighted by Gasteiger charge is -2.35. The molecule has 2 nitrogen and oxygen atoms in total. The normalized spacial score (nSPS) is 17.4. The van der Waals surface area contributed by atoms with Crippen LogP contribution in [0.3, 0.4) is 0 Å². The van der Waals surface area contributed by atoms with Gasteiger partial charge in [-0.3, -0.25) is 4.79 Å². The highest BCUT2D eigenvalue weighted by Crippen LogP contribution is 2.35. The van der Waals surface area contributed by atoms with Crippen LogP contribution in [0, 0.1) is 6.92 Å². The van der Waals surface area contributed by atoms with E-state index in [1.807, 2.05) is 11.3 Å². The molecule has 22 heavy (non-hydrogen) atoms. The zero-order chi connectivity index (χ0) is 15.5. The molecule has 116 valence electrons. The number of aryl methyl sites for hydroxylation is 2. The van der Waals surface area contributed by atoms with Crippen LogP contribution in [-0.4, -0.2) is 17.4 Å². The van der Waals surface area contributed by atoms with E-state index in [9.17, 15) is 4.79 Å². The van der Waals surface area contributed by atoms with E-state index in [-0.39, 0.29) is 6.04 Å². The van der Waals surface area contributed by atoms with Crippen LogP contribution < -0.4 is 0 Å². The fourth-order valence-electron chi connectivity index (χ4n) is 3.40. The Hall–Kier alpha value is -1.61. The Balaban J connectivity index is 1.67. The Morgan fingerprint density at radius 3 is 3.00 bits per heavy atom. The van der Waals surface area contributed by atoms with E-state index in [1.165, 1.54) is 21.6 Å². The van der Waals surface area contributed by atoms with Crippen molar-refractivity contribution < 1.29 is 4.79 Å². The molecule has 0 saturated heterocycles. The van der Waals surface area contributed by atoms with Gasteiger partial charge in [0.1, 0.15) is 0 Å². The van der Waals surface area contributed by atoms with Crippen molar-refractivity contribution in [2.24, 2.45) is 0 Å². The van der Waals surface area contributed by atoms with Crippen LogP contribution in [0.5, 0.6) is 0 Å². The topological polar surface area (TPSA) is 20.3 Å². The van der Waals surface area contributed by atoms with Gasteiger partial charge >= 0.3 is 0 Å². The molecule has 0 spiro atoms. The van der Waals surface area contributed by atoms with Crippen LogP contribution in [0.15, 0.2) is 35.7 Å². The largest absolute Gasteiger partial charge is 0.335 e. The van der Waals surface area contributed by atoms with Crippen molar-refractivity contribution in [1.29, 1.82) is 0 Å². The summed E-state index contributed by atoms with van der Waals surface area (Å²) in [7, 11) is 0. The molecule has 0 aliphatic carbocycles. The van der Waals surface area contributed by atoms with E-state index >= 15 is 0 Å². The third-order valence-corrected chi connectivity index (χ3v) is 5.51. The molecule has 0 radical (unpaired) electrons. The van der Waals surface area contributed by atoms with E-state index in [0.29, 0.717) is 12.3 Å². The average molecular weight is 313 g/mol. The molecule has 3 rings (SSSR count). The van der Waals surface area contributed by atoms with Crippen LogP contribution in [0.4, 0.5) is 0 Å². The molecule has 3 heteroatoms. The second-order valence-corrected chi connectivity index (χ2v) is 7.05. The van der Waals surface area contributed by atoms with E-state index in [0.717, 1.165) is 25.8 Å². The van der Waals surface area contributed by atoms with Crippen molar-refractivity contribution in [2.75, 3.05) is 6.54 Å². The first kappa shape index (κ1) is 15.3. The molecule has 0 saturated carbocycles. The first-order valence-electron chi connectivity index (χ1n) is 8.10. The number of thiophene rings is 1. The number of carbonyl (C=O) groups is 1. The first-order chi connectivity index (χ1) is 10.7. The molecule has 1 aromatic heterocycles. The number of amides is 1. The Labute approximate surface area is 136 Å². The minimum Gasteiger partial charge on any atom is -0.335 e. The van der Waals surface area contributed by atoms with Gasteiger partial charge in [-0.15, -0.1) is 11.3 Å². The molecule has 1 unspecified atom stereocenters. The molecule has 1 aliphatic rings.